The topological polar surface area (TPSA) is 141 Å². The Morgan fingerprint density at radius 1 is 1.19 bits per heavy atom. The minimum Gasteiger partial charge on any atom is -0.496 e. The van der Waals surface area contributed by atoms with Gasteiger partial charge in [-0.2, -0.15) is 0 Å². The van der Waals surface area contributed by atoms with Gasteiger partial charge >= 0.3 is 0 Å². The minimum absolute atomic E-state index is 0.0162. The normalized spacial score (nSPS) is 26.1. The molecule has 10 nitrogen and oxygen atoms in total. The largest absolute Gasteiger partial charge is 0.496 e. The quantitative estimate of drug-likeness (QED) is 0.432. The molecule has 6 rings (SSSR count). The molecule has 2 aromatic rings. The van der Waals surface area contributed by atoms with Crippen molar-refractivity contribution in [2.45, 2.75) is 56.7 Å². The number of nitrogens with zero attached hydrogens (tertiary/aromatic N) is 1. The number of aromatic amines is 1. The first-order valence-corrected chi connectivity index (χ1v) is 12.6. The van der Waals surface area contributed by atoms with Crippen molar-refractivity contribution >= 4 is 34.4 Å². The lowest BCUT2D eigenvalue weighted by Crippen LogP contribution is -2.64. The molecule has 4 aliphatic rings. The van der Waals surface area contributed by atoms with Crippen LogP contribution in [0, 0.1) is 11.8 Å². The van der Waals surface area contributed by atoms with Crippen LogP contribution in [0.25, 0.3) is 10.9 Å². The molecule has 1 aromatic carbocycles. The highest BCUT2D eigenvalue weighted by atomic mass is 16.5. The fourth-order valence-corrected chi connectivity index (χ4v) is 6.13. The zero-order chi connectivity index (χ0) is 25.4. The van der Waals surface area contributed by atoms with Gasteiger partial charge < -0.3 is 30.4 Å². The van der Waals surface area contributed by atoms with Crippen LogP contribution in [0.15, 0.2) is 24.3 Å². The molecule has 36 heavy (non-hydrogen) atoms. The fourth-order valence-electron chi connectivity index (χ4n) is 6.13. The van der Waals surface area contributed by atoms with Crippen LogP contribution in [0.4, 0.5) is 0 Å². The van der Waals surface area contributed by atoms with Crippen LogP contribution in [0.5, 0.6) is 5.75 Å². The smallest absolute Gasteiger partial charge is 0.271 e. The van der Waals surface area contributed by atoms with Crippen LogP contribution in [-0.2, 0) is 14.4 Å². The first kappa shape index (κ1) is 24.3. The van der Waals surface area contributed by atoms with Crippen molar-refractivity contribution in [1.29, 1.82) is 0 Å². The lowest BCUT2D eigenvalue weighted by Gasteiger charge is -2.50. The van der Waals surface area contributed by atoms with Crippen LogP contribution in [-0.4, -0.2) is 76.9 Å². The van der Waals surface area contributed by atoms with E-state index < -0.39 is 36.3 Å². The van der Waals surface area contributed by atoms with Gasteiger partial charge in [-0.3, -0.25) is 19.2 Å². The molecule has 4 N–H and O–H groups in total. The highest BCUT2D eigenvalue weighted by Crippen LogP contribution is 2.41. The summed E-state index contributed by atoms with van der Waals surface area (Å²) in [6.45, 7) is -0.197. The molecule has 0 radical (unpaired) electrons. The highest BCUT2D eigenvalue weighted by molar-refractivity contribution is 6.02. The van der Waals surface area contributed by atoms with Gasteiger partial charge in [0.1, 0.15) is 24.1 Å². The summed E-state index contributed by atoms with van der Waals surface area (Å²) in [5, 5.41) is 15.8. The molecule has 2 bridgehead atoms. The van der Waals surface area contributed by atoms with Crippen molar-refractivity contribution in [2.75, 3.05) is 20.3 Å². The number of piperidine rings is 2. The average molecular weight is 497 g/mol. The maximum Gasteiger partial charge on any atom is 0.271 e. The van der Waals surface area contributed by atoms with Gasteiger partial charge in [-0.15, -0.1) is 0 Å². The number of ketones is 1. The van der Waals surface area contributed by atoms with Crippen LogP contribution < -0.4 is 15.4 Å². The van der Waals surface area contributed by atoms with Crippen molar-refractivity contribution in [1.82, 2.24) is 20.5 Å². The number of Topliss-reactive ketones (excluding diaryl/α,β-unsaturated/α-hetero) is 1. The number of rotatable bonds is 8. The van der Waals surface area contributed by atoms with Crippen molar-refractivity contribution < 1.29 is 29.0 Å². The lowest BCUT2D eigenvalue weighted by atomic mass is 9.74. The maximum atomic E-state index is 13.8. The number of carbonyl (C=O) groups excluding carboxylic acids is 4. The van der Waals surface area contributed by atoms with E-state index in [-0.39, 0.29) is 30.2 Å². The van der Waals surface area contributed by atoms with Crippen LogP contribution >= 0.6 is 0 Å². The second-order valence-electron chi connectivity index (χ2n) is 10.0. The number of aromatic nitrogens is 1. The number of amides is 3. The van der Waals surface area contributed by atoms with Gasteiger partial charge in [0.25, 0.3) is 5.91 Å². The number of nitrogens with one attached hydrogen (secondary N) is 3. The predicted octanol–water partition coefficient (Wildman–Crippen LogP) is 1.13. The Kier molecular flexibility index (Phi) is 6.70. The van der Waals surface area contributed by atoms with Crippen LogP contribution in [0.3, 0.4) is 0 Å². The molecule has 10 heteroatoms. The molecule has 1 aliphatic carbocycles. The molecule has 4 heterocycles. The van der Waals surface area contributed by atoms with Crippen molar-refractivity contribution in [3.05, 3.63) is 30.0 Å². The first-order chi connectivity index (χ1) is 17.4. The predicted molar refractivity (Wildman–Crippen MR) is 130 cm³/mol. The van der Waals surface area contributed by atoms with E-state index in [2.05, 4.69) is 15.6 Å². The van der Waals surface area contributed by atoms with E-state index in [0.717, 1.165) is 36.6 Å². The molecule has 3 atom stereocenters. The summed E-state index contributed by atoms with van der Waals surface area (Å²) in [5.41, 5.74) is 1.15. The fraction of sp³-hybridized carbons (Fsp3) is 0.538. The van der Waals surface area contributed by atoms with Gasteiger partial charge in [0.2, 0.25) is 11.8 Å². The number of hydrogen-bond donors (Lipinski definition) is 4. The standard InChI is InChI=1S/C26H32N4O6/c1-36-22-4-2-3-18-17(22)12-20(28-18)26(35)30-16-7-5-14(6-8-16)23(30)25(34)29-19(21(32)13-31)11-15-9-10-27-24(15)33/h2-4,12,14-16,19,23,28,31H,5-11,13H2,1H3,(H,27,33)(H,29,34)/t14?,15-,16?,19-,23+/m0/s1. The molecule has 4 fully saturated rings. The van der Waals surface area contributed by atoms with E-state index in [9.17, 15) is 24.3 Å². The molecule has 1 aromatic heterocycles. The third-order valence-electron chi connectivity index (χ3n) is 8.00. The average Bonchev–Trinajstić information content (AvgIpc) is 3.53. The summed E-state index contributed by atoms with van der Waals surface area (Å²) < 4.78 is 5.42. The molecule has 3 aliphatic heterocycles. The van der Waals surface area contributed by atoms with Gasteiger partial charge in [0, 0.05) is 29.4 Å². The monoisotopic (exact) mass is 496 g/mol. The third-order valence-corrected chi connectivity index (χ3v) is 8.00. The summed E-state index contributed by atoms with van der Waals surface area (Å²) in [6, 6.07) is 5.52. The minimum atomic E-state index is -0.980. The molecule has 192 valence electrons. The Labute approximate surface area is 208 Å². The number of fused-ring (bicyclic) bond motifs is 4. The Morgan fingerprint density at radius 2 is 1.97 bits per heavy atom. The number of benzene rings is 1. The number of hydrogen-bond acceptors (Lipinski definition) is 6. The zero-order valence-corrected chi connectivity index (χ0v) is 20.3. The Hall–Kier alpha value is -3.40. The van der Waals surface area contributed by atoms with E-state index in [4.69, 9.17) is 4.74 Å². The first-order valence-electron chi connectivity index (χ1n) is 12.6. The van der Waals surface area contributed by atoms with E-state index in [1.807, 2.05) is 18.2 Å². The van der Waals surface area contributed by atoms with Crippen LogP contribution in [0.1, 0.15) is 49.0 Å². The maximum absolute atomic E-state index is 13.8. The number of H-pyrrole nitrogens is 1. The lowest BCUT2D eigenvalue weighted by molar-refractivity contribution is -0.137. The summed E-state index contributed by atoms with van der Waals surface area (Å²) in [6.07, 6.45) is 4.02. The van der Waals surface area contributed by atoms with Crippen molar-refractivity contribution in [3.8, 4) is 5.75 Å². The second-order valence-corrected chi connectivity index (χ2v) is 10.0. The zero-order valence-electron chi connectivity index (χ0n) is 20.3. The molecule has 0 spiro atoms. The van der Waals surface area contributed by atoms with Gasteiger partial charge in [-0.05, 0) is 62.6 Å². The van der Waals surface area contributed by atoms with Crippen LogP contribution in [0.2, 0.25) is 0 Å². The van der Waals surface area contributed by atoms with E-state index in [1.54, 1.807) is 18.1 Å². The SMILES string of the molecule is COc1cccc2[nH]c(C(=O)N3C4CCC(CC4)[C@@H]3C(=O)N[C@@H](C[C@@H]3CCNC3=O)C(=O)CO)cc12. The number of methoxy groups -OCH3 is 1. The van der Waals surface area contributed by atoms with Crippen molar-refractivity contribution in [2.24, 2.45) is 11.8 Å². The summed E-state index contributed by atoms with van der Waals surface area (Å²) in [7, 11) is 1.58. The highest BCUT2D eigenvalue weighted by Gasteiger charge is 2.48. The van der Waals surface area contributed by atoms with Gasteiger partial charge in [0.15, 0.2) is 5.78 Å². The van der Waals surface area contributed by atoms with Gasteiger partial charge in [0.05, 0.1) is 13.2 Å². The van der Waals surface area contributed by atoms with Gasteiger partial charge in [-0.25, -0.2) is 0 Å². The Balaban J connectivity index is 1.40. The molecule has 3 amide bonds. The summed E-state index contributed by atoms with van der Waals surface area (Å²) in [4.78, 5) is 56.8. The van der Waals surface area contributed by atoms with Crippen molar-refractivity contribution in [3.63, 3.8) is 0 Å². The molecular formula is C26H32N4O6. The summed E-state index contributed by atoms with van der Waals surface area (Å²) in [5.74, 6) is -1.12. The van der Waals surface area contributed by atoms with E-state index in [1.165, 1.54) is 0 Å². The van der Waals surface area contributed by atoms with E-state index in [0.29, 0.717) is 24.4 Å². The number of ether oxygens (including phenoxy) is 1. The third kappa shape index (κ3) is 4.34. The number of aliphatic hydroxyl groups is 1. The molecule has 1 saturated carbocycles. The molecular weight excluding hydrogens is 464 g/mol. The Morgan fingerprint density at radius 3 is 2.64 bits per heavy atom. The molecule has 3 saturated heterocycles. The number of aliphatic hydroxyl groups excluding tert-OH is 1. The molecule has 0 unspecified atom stereocenters. The second kappa shape index (κ2) is 9.93. The van der Waals surface area contributed by atoms with E-state index >= 15 is 0 Å². The van der Waals surface area contributed by atoms with Gasteiger partial charge in [-0.1, -0.05) is 6.07 Å². The Bertz CT molecular complexity index is 1180. The summed E-state index contributed by atoms with van der Waals surface area (Å²) >= 11 is 0. The number of carbonyl (C=O) groups is 4.